The lowest BCUT2D eigenvalue weighted by Crippen LogP contribution is -2.23. The molecule has 1 amide bonds. The molecule has 0 unspecified atom stereocenters. The third-order valence-corrected chi connectivity index (χ3v) is 4.14. The predicted octanol–water partition coefficient (Wildman–Crippen LogP) is 2.90. The van der Waals surface area contributed by atoms with E-state index in [0.29, 0.717) is 35.1 Å². The summed E-state index contributed by atoms with van der Waals surface area (Å²) in [5.41, 5.74) is -0.341. The second kappa shape index (κ2) is 7.91. The van der Waals surface area contributed by atoms with Gasteiger partial charge in [-0.15, -0.1) is 0 Å². The minimum atomic E-state index is -0.736. The van der Waals surface area contributed by atoms with Gasteiger partial charge in [-0.2, -0.15) is 0 Å². The summed E-state index contributed by atoms with van der Waals surface area (Å²) in [6.45, 7) is 2.40. The standard InChI is InChI=1S/C20H20N2O6/c1-4-28-12-7-5-11(6-8-12)21-19(24)17-18(23)13-9-15(26-2)16(27-3)10-14(13)22-20(17)25/h5-10H,4H2,1-3H3,(H,21,24)(H2,22,23,25). The molecule has 28 heavy (non-hydrogen) atoms. The molecule has 1 aromatic heterocycles. The largest absolute Gasteiger partial charge is 0.506 e. The number of anilines is 1. The van der Waals surface area contributed by atoms with E-state index in [1.54, 1.807) is 24.3 Å². The van der Waals surface area contributed by atoms with Crippen LogP contribution in [0.4, 0.5) is 5.69 Å². The van der Waals surface area contributed by atoms with Crippen molar-refractivity contribution < 1.29 is 24.1 Å². The number of H-pyrrole nitrogens is 1. The molecule has 0 aliphatic rings. The van der Waals surface area contributed by atoms with Gasteiger partial charge in [0.05, 0.1) is 26.3 Å². The minimum Gasteiger partial charge on any atom is -0.506 e. The van der Waals surface area contributed by atoms with E-state index in [9.17, 15) is 14.7 Å². The highest BCUT2D eigenvalue weighted by Gasteiger charge is 2.21. The third kappa shape index (κ3) is 3.57. The van der Waals surface area contributed by atoms with Gasteiger partial charge in [-0.3, -0.25) is 9.59 Å². The van der Waals surface area contributed by atoms with Crippen LogP contribution in [-0.2, 0) is 0 Å². The van der Waals surface area contributed by atoms with Crippen molar-refractivity contribution in [3.05, 3.63) is 52.3 Å². The summed E-state index contributed by atoms with van der Waals surface area (Å²) in [6.07, 6.45) is 0. The molecule has 0 fully saturated rings. The molecular weight excluding hydrogens is 364 g/mol. The minimum absolute atomic E-state index is 0.258. The van der Waals surface area contributed by atoms with E-state index in [0.717, 1.165) is 0 Å². The highest BCUT2D eigenvalue weighted by Crippen LogP contribution is 2.35. The second-order valence-corrected chi connectivity index (χ2v) is 5.84. The number of ether oxygens (including phenoxy) is 3. The normalized spacial score (nSPS) is 10.5. The molecule has 2 aromatic carbocycles. The van der Waals surface area contributed by atoms with Crippen molar-refractivity contribution in [2.75, 3.05) is 26.1 Å². The number of carbonyl (C=O) groups is 1. The maximum absolute atomic E-state index is 12.6. The number of amides is 1. The second-order valence-electron chi connectivity index (χ2n) is 5.84. The first kappa shape index (κ1) is 19.1. The van der Waals surface area contributed by atoms with Crippen molar-refractivity contribution in [3.63, 3.8) is 0 Å². The Bertz CT molecular complexity index is 1070. The van der Waals surface area contributed by atoms with Crippen LogP contribution in [0.25, 0.3) is 10.9 Å². The van der Waals surface area contributed by atoms with E-state index in [-0.39, 0.29) is 5.39 Å². The van der Waals surface area contributed by atoms with E-state index >= 15 is 0 Å². The van der Waals surface area contributed by atoms with Crippen molar-refractivity contribution in [2.45, 2.75) is 6.92 Å². The Kier molecular flexibility index (Phi) is 5.39. The molecule has 0 aliphatic heterocycles. The molecule has 8 heteroatoms. The summed E-state index contributed by atoms with van der Waals surface area (Å²) >= 11 is 0. The Labute approximate surface area is 160 Å². The van der Waals surface area contributed by atoms with Crippen molar-refractivity contribution >= 4 is 22.5 Å². The number of carbonyl (C=O) groups excluding carboxylic acids is 1. The number of pyridine rings is 1. The quantitative estimate of drug-likeness (QED) is 0.603. The number of aromatic hydroxyl groups is 1. The maximum atomic E-state index is 12.6. The molecule has 3 aromatic rings. The number of rotatable bonds is 6. The van der Waals surface area contributed by atoms with Crippen molar-refractivity contribution in [1.82, 2.24) is 4.98 Å². The molecule has 146 valence electrons. The fourth-order valence-corrected chi connectivity index (χ4v) is 2.81. The monoisotopic (exact) mass is 384 g/mol. The van der Waals surface area contributed by atoms with Gasteiger partial charge in [0.15, 0.2) is 11.5 Å². The van der Waals surface area contributed by atoms with E-state index in [2.05, 4.69) is 10.3 Å². The fourth-order valence-electron chi connectivity index (χ4n) is 2.81. The van der Waals surface area contributed by atoms with Crippen LogP contribution in [0.5, 0.6) is 23.0 Å². The Morgan fingerprint density at radius 2 is 1.75 bits per heavy atom. The fraction of sp³-hybridized carbons (Fsp3) is 0.200. The molecular formula is C20H20N2O6. The summed E-state index contributed by atoms with van der Waals surface area (Å²) in [5, 5.41) is 13.4. The van der Waals surface area contributed by atoms with Crippen LogP contribution in [0.15, 0.2) is 41.2 Å². The predicted molar refractivity (Wildman–Crippen MR) is 105 cm³/mol. The lowest BCUT2D eigenvalue weighted by molar-refractivity contribution is 0.102. The first-order valence-electron chi connectivity index (χ1n) is 8.53. The molecule has 0 bridgehead atoms. The highest BCUT2D eigenvalue weighted by atomic mass is 16.5. The summed E-state index contributed by atoms with van der Waals surface area (Å²) in [5.74, 6) is 0.225. The summed E-state index contributed by atoms with van der Waals surface area (Å²) in [4.78, 5) is 27.6. The van der Waals surface area contributed by atoms with Crippen LogP contribution < -0.4 is 25.1 Å². The van der Waals surface area contributed by atoms with Crippen LogP contribution in [0.3, 0.4) is 0 Å². The van der Waals surface area contributed by atoms with Crippen LogP contribution in [0.2, 0.25) is 0 Å². The molecule has 0 spiro atoms. The number of hydrogen-bond donors (Lipinski definition) is 3. The number of methoxy groups -OCH3 is 2. The van der Waals surface area contributed by atoms with Gasteiger partial charge in [-0.05, 0) is 37.3 Å². The van der Waals surface area contributed by atoms with Crippen LogP contribution in [0, 0.1) is 0 Å². The Morgan fingerprint density at radius 1 is 1.11 bits per heavy atom. The average Bonchev–Trinajstić information content (AvgIpc) is 2.68. The van der Waals surface area contributed by atoms with E-state index in [1.165, 1.54) is 26.4 Å². The molecule has 0 radical (unpaired) electrons. The summed E-state index contributed by atoms with van der Waals surface area (Å²) < 4.78 is 15.8. The average molecular weight is 384 g/mol. The number of aromatic amines is 1. The van der Waals surface area contributed by atoms with Gasteiger partial charge >= 0.3 is 0 Å². The van der Waals surface area contributed by atoms with Crippen LogP contribution >= 0.6 is 0 Å². The zero-order chi connectivity index (χ0) is 20.3. The highest BCUT2D eigenvalue weighted by molar-refractivity contribution is 6.09. The zero-order valence-corrected chi connectivity index (χ0v) is 15.7. The summed E-state index contributed by atoms with van der Waals surface area (Å²) in [6, 6.07) is 9.68. The molecule has 8 nitrogen and oxygen atoms in total. The van der Waals surface area contributed by atoms with Gasteiger partial charge in [0.25, 0.3) is 11.5 Å². The van der Waals surface area contributed by atoms with E-state index < -0.39 is 22.8 Å². The van der Waals surface area contributed by atoms with Gasteiger partial charge in [-0.1, -0.05) is 0 Å². The number of benzene rings is 2. The Hall–Kier alpha value is -3.68. The number of fused-ring (bicyclic) bond motifs is 1. The molecule has 0 atom stereocenters. The molecule has 3 N–H and O–H groups in total. The van der Waals surface area contributed by atoms with Crippen LogP contribution in [-0.4, -0.2) is 36.8 Å². The van der Waals surface area contributed by atoms with Crippen molar-refractivity contribution in [3.8, 4) is 23.0 Å². The summed E-state index contributed by atoms with van der Waals surface area (Å²) in [7, 11) is 2.91. The van der Waals surface area contributed by atoms with Crippen molar-refractivity contribution in [2.24, 2.45) is 0 Å². The molecule has 0 saturated heterocycles. The SMILES string of the molecule is CCOc1ccc(NC(=O)c2c(O)c3cc(OC)c(OC)cc3[nH]c2=O)cc1. The molecule has 3 rings (SSSR count). The third-order valence-electron chi connectivity index (χ3n) is 4.14. The maximum Gasteiger partial charge on any atom is 0.265 e. The van der Waals surface area contributed by atoms with Crippen LogP contribution in [0.1, 0.15) is 17.3 Å². The van der Waals surface area contributed by atoms with Gasteiger partial charge in [0.1, 0.15) is 17.1 Å². The lowest BCUT2D eigenvalue weighted by Gasteiger charge is -2.12. The topological polar surface area (TPSA) is 110 Å². The Morgan fingerprint density at radius 3 is 2.36 bits per heavy atom. The number of hydrogen-bond acceptors (Lipinski definition) is 6. The van der Waals surface area contributed by atoms with Gasteiger partial charge in [0, 0.05) is 17.1 Å². The molecule has 0 aliphatic carbocycles. The zero-order valence-electron chi connectivity index (χ0n) is 15.7. The lowest BCUT2D eigenvalue weighted by atomic mass is 10.1. The van der Waals surface area contributed by atoms with E-state index in [4.69, 9.17) is 14.2 Å². The van der Waals surface area contributed by atoms with Gasteiger partial charge in [0.2, 0.25) is 0 Å². The van der Waals surface area contributed by atoms with Gasteiger partial charge < -0.3 is 29.6 Å². The molecule has 1 heterocycles. The number of aromatic nitrogens is 1. The molecule has 0 saturated carbocycles. The number of nitrogens with one attached hydrogen (secondary N) is 2. The van der Waals surface area contributed by atoms with Crippen molar-refractivity contribution in [1.29, 1.82) is 0 Å². The van der Waals surface area contributed by atoms with Gasteiger partial charge in [-0.25, -0.2) is 0 Å². The van der Waals surface area contributed by atoms with E-state index in [1.807, 2.05) is 6.92 Å². The first-order chi connectivity index (χ1) is 13.5. The smallest absolute Gasteiger partial charge is 0.265 e. The first-order valence-corrected chi connectivity index (χ1v) is 8.53. The Balaban J connectivity index is 1.99.